The number of piperazine rings is 1. The highest BCUT2D eigenvalue weighted by molar-refractivity contribution is 5.48. The number of benzene rings is 2. The Morgan fingerprint density at radius 2 is 1.69 bits per heavy atom. The molecule has 8 heteroatoms. The van der Waals surface area contributed by atoms with E-state index in [2.05, 4.69) is 58.2 Å². The average Bonchev–Trinajstić information content (AvgIpc) is 3.26. The molecule has 7 nitrogen and oxygen atoms in total. The van der Waals surface area contributed by atoms with E-state index in [1.807, 2.05) is 35.9 Å². The summed E-state index contributed by atoms with van der Waals surface area (Å²) in [5, 5.41) is 12.7. The van der Waals surface area contributed by atoms with Crippen LogP contribution in [-0.4, -0.2) is 57.9 Å². The molecule has 0 radical (unpaired) electrons. The van der Waals surface area contributed by atoms with Gasteiger partial charge in [0.05, 0.1) is 23.9 Å². The lowest BCUT2D eigenvalue weighted by molar-refractivity contribution is 0.191. The maximum atomic E-state index is 14.3. The van der Waals surface area contributed by atoms with Gasteiger partial charge in [0.1, 0.15) is 11.6 Å². The van der Waals surface area contributed by atoms with Crippen molar-refractivity contribution in [2.24, 2.45) is 0 Å². The van der Waals surface area contributed by atoms with Crippen molar-refractivity contribution in [3.63, 3.8) is 0 Å². The second kappa shape index (κ2) is 9.24. The van der Waals surface area contributed by atoms with Gasteiger partial charge in [-0.15, -0.1) is 5.10 Å². The van der Waals surface area contributed by atoms with E-state index in [0.29, 0.717) is 12.3 Å². The van der Waals surface area contributed by atoms with E-state index < -0.39 is 0 Å². The average molecular weight is 439 g/mol. The van der Waals surface area contributed by atoms with Crippen LogP contribution in [0.2, 0.25) is 0 Å². The number of hydrogen-bond acceptors (Lipinski definition) is 6. The smallest absolute Gasteiger partial charge is 0.173 e. The molecule has 170 valence electrons. The van der Waals surface area contributed by atoms with E-state index >= 15 is 0 Å². The Balaban J connectivity index is 1.63. The molecule has 3 aromatic rings. The van der Waals surface area contributed by atoms with Crippen molar-refractivity contribution >= 4 is 5.69 Å². The SMILES string of the molecule is CCOc1ccc([C@@H](c2nnnn2C(C)(C)C)N2CCN(c3ccccc3F)CC2)cc1. The van der Waals surface area contributed by atoms with E-state index in [-0.39, 0.29) is 17.4 Å². The molecular weight excluding hydrogens is 407 g/mol. The van der Waals surface area contributed by atoms with Crippen molar-refractivity contribution in [2.75, 3.05) is 37.7 Å². The molecule has 0 spiro atoms. The third-order valence-electron chi connectivity index (χ3n) is 5.75. The van der Waals surface area contributed by atoms with Gasteiger partial charge in [-0.3, -0.25) is 4.90 Å². The van der Waals surface area contributed by atoms with Gasteiger partial charge in [-0.1, -0.05) is 24.3 Å². The van der Waals surface area contributed by atoms with Crippen LogP contribution in [0.1, 0.15) is 45.1 Å². The van der Waals surface area contributed by atoms with E-state index in [0.717, 1.165) is 43.3 Å². The van der Waals surface area contributed by atoms with Crippen LogP contribution in [0, 0.1) is 5.82 Å². The Morgan fingerprint density at radius 3 is 2.31 bits per heavy atom. The second-order valence-corrected chi connectivity index (χ2v) is 9.00. The Hall–Kier alpha value is -3.00. The molecule has 1 aliphatic heterocycles. The first-order valence-corrected chi connectivity index (χ1v) is 11.1. The molecule has 0 unspecified atom stereocenters. The molecule has 4 rings (SSSR count). The Labute approximate surface area is 188 Å². The fraction of sp³-hybridized carbons (Fsp3) is 0.458. The number of halogens is 1. The quantitative estimate of drug-likeness (QED) is 0.582. The van der Waals surface area contributed by atoms with Crippen LogP contribution in [0.25, 0.3) is 0 Å². The molecule has 0 saturated carbocycles. The molecule has 1 aromatic heterocycles. The van der Waals surface area contributed by atoms with Crippen LogP contribution >= 0.6 is 0 Å². The molecule has 32 heavy (non-hydrogen) atoms. The molecule has 1 saturated heterocycles. The number of aromatic nitrogens is 4. The first-order valence-electron chi connectivity index (χ1n) is 11.1. The van der Waals surface area contributed by atoms with Crippen LogP contribution in [0.5, 0.6) is 5.75 Å². The lowest BCUT2D eigenvalue weighted by Crippen LogP contribution is -2.49. The Kier molecular flexibility index (Phi) is 6.41. The zero-order chi connectivity index (χ0) is 22.7. The minimum Gasteiger partial charge on any atom is -0.494 e. The number of para-hydroxylation sites is 1. The van der Waals surface area contributed by atoms with Gasteiger partial charge in [0.2, 0.25) is 0 Å². The van der Waals surface area contributed by atoms with E-state index in [1.54, 1.807) is 6.07 Å². The molecule has 2 heterocycles. The first-order chi connectivity index (χ1) is 15.4. The van der Waals surface area contributed by atoms with E-state index in [4.69, 9.17) is 4.74 Å². The molecule has 1 atom stereocenters. The molecule has 2 aromatic carbocycles. The van der Waals surface area contributed by atoms with Gasteiger partial charge in [-0.2, -0.15) is 0 Å². The third kappa shape index (κ3) is 4.60. The van der Waals surface area contributed by atoms with E-state index in [9.17, 15) is 4.39 Å². The van der Waals surface area contributed by atoms with Gasteiger partial charge in [0.25, 0.3) is 0 Å². The lowest BCUT2D eigenvalue weighted by atomic mass is 10.0. The fourth-order valence-electron chi connectivity index (χ4n) is 4.21. The van der Waals surface area contributed by atoms with Crippen molar-refractivity contribution < 1.29 is 9.13 Å². The summed E-state index contributed by atoms with van der Waals surface area (Å²) in [7, 11) is 0. The largest absolute Gasteiger partial charge is 0.494 e. The second-order valence-electron chi connectivity index (χ2n) is 9.00. The fourth-order valence-corrected chi connectivity index (χ4v) is 4.21. The number of tetrazole rings is 1. The van der Waals surface area contributed by atoms with Crippen LogP contribution in [0.15, 0.2) is 48.5 Å². The Morgan fingerprint density at radius 1 is 1.00 bits per heavy atom. The third-order valence-corrected chi connectivity index (χ3v) is 5.75. The van der Waals surface area contributed by atoms with Crippen LogP contribution in [0.3, 0.4) is 0 Å². The van der Waals surface area contributed by atoms with Gasteiger partial charge in [-0.25, -0.2) is 9.07 Å². The maximum absolute atomic E-state index is 14.3. The molecule has 1 aliphatic rings. The number of nitrogens with zero attached hydrogens (tertiary/aromatic N) is 6. The number of rotatable bonds is 6. The molecule has 0 amide bonds. The van der Waals surface area contributed by atoms with Crippen LogP contribution in [0.4, 0.5) is 10.1 Å². The lowest BCUT2D eigenvalue weighted by Gasteiger charge is -2.40. The summed E-state index contributed by atoms with van der Waals surface area (Å²) in [6, 6.07) is 15.0. The van der Waals surface area contributed by atoms with E-state index in [1.165, 1.54) is 6.07 Å². The molecule has 1 fully saturated rings. The van der Waals surface area contributed by atoms with Gasteiger partial charge in [0, 0.05) is 26.2 Å². The van der Waals surface area contributed by atoms with Crippen molar-refractivity contribution in [1.82, 2.24) is 25.1 Å². The summed E-state index contributed by atoms with van der Waals surface area (Å²) in [5.41, 5.74) is 1.51. The summed E-state index contributed by atoms with van der Waals surface area (Å²) >= 11 is 0. The normalized spacial score (nSPS) is 16.2. The molecule has 0 N–H and O–H groups in total. The highest BCUT2D eigenvalue weighted by atomic mass is 19.1. The Bertz CT molecular complexity index is 1020. The summed E-state index contributed by atoms with van der Waals surface area (Å²) < 4.78 is 21.8. The minimum absolute atomic E-state index is 0.109. The van der Waals surface area contributed by atoms with Gasteiger partial charge in [-0.05, 0) is 68.0 Å². The van der Waals surface area contributed by atoms with Gasteiger partial charge in [0.15, 0.2) is 5.82 Å². The molecular formula is C24H31FN6O. The maximum Gasteiger partial charge on any atom is 0.173 e. The standard InChI is InChI=1S/C24H31FN6O/c1-5-32-19-12-10-18(11-13-19)22(23-26-27-28-31(23)24(2,3)4)30-16-14-29(15-17-30)21-9-7-6-8-20(21)25/h6-13,22H,5,14-17H2,1-4H3/t22-/m0/s1. The van der Waals surface area contributed by atoms with Crippen molar-refractivity contribution in [1.29, 1.82) is 0 Å². The van der Waals surface area contributed by atoms with Crippen molar-refractivity contribution in [3.8, 4) is 5.75 Å². The summed E-state index contributed by atoms with van der Waals surface area (Å²) in [4.78, 5) is 4.48. The number of ether oxygens (including phenoxy) is 1. The zero-order valence-electron chi connectivity index (χ0n) is 19.2. The highest BCUT2D eigenvalue weighted by Crippen LogP contribution is 2.32. The predicted octanol–water partition coefficient (Wildman–Crippen LogP) is 3.88. The monoisotopic (exact) mass is 438 g/mol. The summed E-state index contributed by atoms with van der Waals surface area (Å²) in [5.74, 6) is 1.47. The minimum atomic E-state index is -0.253. The van der Waals surface area contributed by atoms with Gasteiger partial charge >= 0.3 is 0 Å². The highest BCUT2D eigenvalue weighted by Gasteiger charge is 2.33. The summed E-state index contributed by atoms with van der Waals surface area (Å²) in [6.45, 7) is 11.9. The number of hydrogen-bond donors (Lipinski definition) is 0. The van der Waals surface area contributed by atoms with Crippen molar-refractivity contribution in [2.45, 2.75) is 39.3 Å². The predicted molar refractivity (Wildman–Crippen MR) is 122 cm³/mol. The topological polar surface area (TPSA) is 59.3 Å². The summed E-state index contributed by atoms with van der Waals surface area (Å²) in [6.07, 6.45) is 0. The first kappa shape index (κ1) is 22.2. The van der Waals surface area contributed by atoms with Crippen LogP contribution in [-0.2, 0) is 5.54 Å². The zero-order valence-corrected chi connectivity index (χ0v) is 19.2. The number of anilines is 1. The molecule has 0 aliphatic carbocycles. The van der Waals surface area contributed by atoms with Gasteiger partial charge < -0.3 is 9.64 Å². The van der Waals surface area contributed by atoms with Crippen molar-refractivity contribution in [3.05, 3.63) is 65.7 Å². The van der Waals surface area contributed by atoms with Crippen LogP contribution < -0.4 is 9.64 Å². The molecule has 0 bridgehead atoms.